The number of amides is 1. The van der Waals surface area contributed by atoms with Crippen molar-refractivity contribution in [1.82, 2.24) is 30.0 Å². The number of nitrogens with one attached hydrogen (secondary N) is 1. The van der Waals surface area contributed by atoms with Gasteiger partial charge in [0.25, 0.3) is 0 Å². The molecule has 0 bridgehead atoms. The molecule has 0 atom stereocenters. The lowest BCUT2D eigenvalue weighted by atomic mass is 10.2. The van der Waals surface area contributed by atoms with Crippen molar-refractivity contribution >= 4 is 5.91 Å². The maximum absolute atomic E-state index is 13.0. The Morgan fingerprint density at radius 1 is 1.17 bits per heavy atom. The molecule has 0 saturated heterocycles. The van der Waals surface area contributed by atoms with E-state index in [-0.39, 0.29) is 18.1 Å². The summed E-state index contributed by atoms with van der Waals surface area (Å²) in [6.45, 7) is 0.376. The van der Waals surface area contributed by atoms with Crippen molar-refractivity contribution in [2.24, 2.45) is 0 Å². The van der Waals surface area contributed by atoms with E-state index >= 15 is 0 Å². The number of aryl methyl sites for hydroxylation is 1. The monoisotopic (exact) mass is 392 g/mol. The number of aromatic nitrogens is 5. The zero-order valence-electron chi connectivity index (χ0n) is 15.3. The van der Waals surface area contributed by atoms with Gasteiger partial charge in [-0.25, -0.2) is 14.4 Å². The molecule has 0 aliphatic rings. The molecule has 4 rings (SSSR count). The number of benzene rings is 1. The average Bonchev–Trinajstić information content (AvgIpc) is 3.44. The summed E-state index contributed by atoms with van der Waals surface area (Å²) in [5.74, 6) is 1.01. The first-order chi connectivity index (χ1) is 14.2. The average molecular weight is 392 g/mol. The van der Waals surface area contributed by atoms with Crippen molar-refractivity contribution < 1.29 is 13.7 Å². The van der Waals surface area contributed by atoms with E-state index in [1.165, 1.54) is 12.1 Å². The minimum atomic E-state index is -0.333. The van der Waals surface area contributed by atoms with Crippen LogP contribution in [0.1, 0.15) is 17.9 Å². The van der Waals surface area contributed by atoms with Gasteiger partial charge in [0.05, 0.1) is 0 Å². The lowest BCUT2D eigenvalue weighted by Crippen LogP contribution is -2.23. The van der Waals surface area contributed by atoms with E-state index in [0.29, 0.717) is 30.2 Å². The molecule has 0 saturated carbocycles. The predicted molar refractivity (Wildman–Crippen MR) is 101 cm³/mol. The molecule has 4 aromatic rings. The van der Waals surface area contributed by atoms with Crippen molar-refractivity contribution in [3.8, 4) is 17.2 Å². The highest BCUT2D eigenvalue weighted by Crippen LogP contribution is 2.16. The van der Waals surface area contributed by atoms with Crippen LogP contribution in [0.15, 0.2) is 65.8 Å². The Labute approximate surface area is 165 Å². The van der Waals surface area contributed by atoms with Crippen molar-refractivity contribution in [3.63, 3.8) is 0 Å². The van der Waals surface area contributed by atoms with Crippen molar-refractivity contribution in [2.45, 2.75) is 19.4 Å². The van der Waals surface area contributed by atoms with E-state index in [9.17, 15) is 9.18 Å². The molecule has 146 valence electrons. The molecule has 1 amide bonds. The number of halogens is 1. The van der Waals surface area contributed by atoms with Crippen LogP contribution >= 0.6 is 0 Å². The Balaban J connectivity index is 1.25. The zero-order valence-corrected chi connectivity index (χ0v) is 15.3. The van der Waals surface area contributed by atoms with Crippen LogP contribution in [-0.2, 0) is 17.8 Å². The van der Waals surface area contributed by atoms with E-state index in [2.05, 4.69) is 25.4 Å². The molecule has 1 aromatic carbocycles. The highest BCUT2D eigenvalue weighted by Gasteiger charge is 2.11. The van der Waals surface area contributed by atoms with Crippen LogP contribution in [0.25, 0.3) is 17.2 Å². The Morgan fingerprint density at radius 2 is 2.03 bits per heavy atom. The topological polar surface area (TPSA) is 98.7 Å². The Bertz CT molecular complexity index is 1080. The number of carbonyl (C=O) groups is 1. The van der Waals surface area contributed by atoms with Gasteiger partial charge in [0, 0.05) is 43.5 Å². The zero-order chi connectivity index (χ0) is 20.1. The summed E-state index contributed by atoms with van der Waals surface area (Å²) >= 11 is 0. The lowest BCUT2D eigenvalue weighted by molar-refractivity contribution is -0.121. The summed E-state index contributed by atoms with van der Waals surface area (Å²) in [4.78, 5) is 24.6. The third kappa shape index (κ3) is 4.70. The molecule has 0 fully saturated rings. The van der Waals surface area contributed by atoms with Crippen LogP contribution in [0.5, 0.6) is 0 Å². The minimum Gasteiger partial charge on any atom is -0.352 e. The number of imidazole rings is 1. The van der Waals surface area contributed by atoms with Crippen molar-refractivity contribution in [3.05, 3.63) is 78.6 Å². The van der Waals surface area contributed by atoms with Crippen molar-refractivity contribution in [2.75, 3.05) is 0 Å². The molecule has 1 N–H and O–H groups in total. The van der Waals surface area contributed by atoms with E-state index in [1.54, 1.807) is 35.4 Å². The van der Waals surface area contributed by atoms with E-state index in [1.807, 2.05) is 18.3 Å². The molecule has 3 aromatic heterocycles. The van der Waals surface area contributed by atoms with E-state index in [4.69, 9.17) is 4.52 Å². The Kier molecular flexibility index (Phi) is 5.37. The maximum atomic E-state index is 13.0. The molecule has 3 heterocycles. The van der Waals surface area contributed by atoms with Crippen LogP contribution < -0.4 is 5.32 Å². The summed E-state index contributed by atoms with van der Waals surface area (Å²) < 4.78 is 19.9. The van der Waals surface area contributed by atoms with Gasteiger partial charge in [-0.15, -0.1) is 0 Å². The fraction of sp³-hybridized carbons (Fsp3) is 0.150. The molecular formula is C20H17FN6O2. The molecule has 9 heteroatoms. The second-order valence-corrected chi connectivity index (χ2v) is 6.29. The largest absolute Gasteiger partial charge is 0.352 e. The first kappa shape index (κ1) is 18.5. The van der Waals surface area contributed by atoms with Crippen molar-refractivity contribution in [1.29, 1.82) is 0 Å². The van der Waals surface area contributed by atoms with Gasteiger partial charge in [0.15, 0.2) is 0 Å². The highest BCUT2D eigenvalue weighted by molar-refractivity contribution is 5.76. The lowest BCUT2D eigenvalue weighted by Gasteiger charge is -2.06. The van der Waals surface area contributed by atoms with Crippen LogP contribution in [0.4, 0.5) is 4.39 Å². The van der Waals surface area contributed by atoms with Gasteiger partial charge >= 0.3 is 0 Å². The van der Waals surface area contributed by atoms with Gasteiger partial charge in [-0.2, -0.15) is 4.98 Å². The van der Waals surface area contributed by atoms with Crippen LogP contribution in [0.2, 0.25) is 0 Å². The number of hydrogen-bond acceptors (Lipinski definition) is 6. The van der Waals surface area contributed by atoms with E-state index in [0.717, 1.165) is 11.4 Å². The number of carbonyl (C=O) groups excluding carboxylic acids is 1. The number of hydrogen-bond donors (Lipinski definition) is 1. The normalized spacial score (nSPS) is 10.8. The molecule has 0 unspecified atom stereocenters. The predicted octanol–water partition coefficient (Wildman–Crippen LogP) is 2.71. The Hall–Kier alpha value is -3.88. The molecule has 8 nitrogen and oxygen atoms in total. The van der Waals surface area contributed by atoms with E-state index < -0.39 is 0 Å². The first-order valence-electron chi connectivity index (χ1n) is 8.96. The van der Waals surface area contributed by atoms with Gasteiger partial charge in [-0.3, -0.25) is 9.36 Å². The van der Waals surface area contributed by atoms with Crippen LogP contribution in [-0.4, -0.2) is 30.6 Å². The molecular weight excluding hydrogens is 375 g/mol. The molecule has 0 spiro atoms. The summed E-state index contributed by atoms with van der Waals surface area (Å²) in [5, 5.41) is 6.70. The second kappa shape index (κ2) is 8.42. The summed E-state index contributed by atoms with van der Waals surface area (Å²) in [7, 11) is 0. The fourth-order valence-corrected chi connectivity index (χ4v) is 2.65. The molecule has 0 aliphatic carbocycles. The molecule has 0 aliphatic heterocycles. The van der Waals surface area contributed by atoms with Gasteiger partial charge in [0.2, 0.25) is 17.6 Å². The number of pyridine rings is 1. The fourth-order valence-electron chi connectivity index (χ4n) is 2.65. The third-order valence-corrected chi connectivity index (χ3v) is 4.20. The van der Waals surface area contributed by atoms with Crippen LogP contribution in [0, 0.1) is 5.82 Å². The smallest absolute Gasteiger partial charge is 0.227 e. The SMILES string of the molecule is O=C(CCc1nc(-c2ccc(F)cc2)no1)NCc1ccc(-n2ccnc2)nc1. The summed E-state index contributed by atoms with van der Waals surface area (Å²) in [5.41, 5.74) is 1.54. The second-order valence-electron chi connectivity index (χ2n) is 6.29. The van der Waals surface area contributed by atoms with Gasteiger partial charge < -0.3 is 9.84 Å². The summed E-state index contributed by atoms with van der Waals surface area (Å²) in [6, 6.07) is 9.56. The third-order valence-electron chi connectivity index (χ3n) is 4.20. The Morgan fingerprint density at radius 3 is 2.76 bits per heavy atom. The maximum Gasteiger partial charge on any atom is 0.227 e. The standard InChI is InChI=1S/C20H17FN6O2/c21-16-4-2-15(3-5-16)20-25-19(29-26-20)8-7-18(28)24-12-14-1-6-17(23-11-14)27-10-9-22-13-27/h1-6,9-11,13H,7-8,12H2,(H,24,28). The van der Waals surface area contributed by atoms with Crippen LogP contribution in [0.3, 0.4) is 0 Å². The molecule has 0 radical (unpaired) electrons. The quantitative estimate of drug-likeness (QED) is 0.519. The molecule has 29 heavy (non-hydrogen) atoms. The van der Waals surface area contributed by atoms with Gasteiger partial charge in [0.1, 0.15) is 18.0 Å². The number of nitrogens with zero attached hydrogens (tertiary/aromatic N) is 5. The first-order valence-corrected chi connectivity index (χ1v) is 8.96. The minimum absolute atomic E-state index is 0.134. The van der Waals surface area contributed by atoms with Gasteiger partial charge in [-0.1, -0.05) is 11.2 Å². The highest BCUT2D eigenvalue weighted by atomic mass is 19.1. The summed E-state index contributed by atoms with van der Waals surface area (Å²) in [6.07, 6.45) is 7.40. The van der Waals surface area contributed by atoms with Gasteiger partial charge in [-0.05, 0) is 35.9 Å². The number of rotatable bonds is 7.